The number of halogens is 3. The van der Waals surface area contributed by atoms with Crippen LogP contribution >= 0.6 is 21.0 Å². The number of nitrogens with one attached hydrogen (secondary N) is 1. The molecule has 4 rings (SSSR count). The Hall–Kier alpha value is -4.06. The molecule has 3 aromatic carbocycles. The van der Waals surface area contributed by atoms with Crippen LogP contribution in [-0.2, 0) is 16.1 Å². The average Bonchev–Trinajstić information content (AvgIpc) is 3.33. The fraction of sp³-hybridized carbons (Fsp3) is 0.233. The van der Waals surface area contributed by atoms with Gasteiger partial charge in [-0.15, -0.1) is 0 Å². The number of benzene rings is 3. The third-order valence-corrected chi connectivity index (χ3v) is 7.41. The van der Waals surface area contributed by atoms with Crippen LogP contribution in [0.3, 0.4) is 0 Å². The summed E-state index contributed by atoms with van der Waals surface area (Å²) in [5, 5.41) is 2.94. The van der Waals surface area contributed by atoms with Crippen molar-refractivity contribution in [1.29, 1.82) is 0 Å². The highest BCUT2D eigenvalue weighted by Gasteiger charge is 2.32. The van der Waals surface area contributed by atoms with Crippen LogP contribution in [0.2, 0.25) is 0 Å². The van der Waals surface area contributed by atoms with Gasteiger partial charge >= 0.3 is 6.03 Å². The highest BCUT2D eigenvalue weighted by Crippen LogP contribution is 2.31. The van der Waals surface area contributed by atoms with E-state index in [0.717, 1.165) is 17.3 Å². The first-order valence-corrected chi connectivity index (χ1v) is 14.9. The van der Waals surface area contributed by atoms with Crippen molar-refractivity contribution in [3.63, 3.8) is 0 Å². The maximum absolute atomic E-state index is 13.2. The number of amides is 3. The molecule has 14 heteroatoms. The molecule has 2 unspecified atom stereocenters. The minimum atomic E-state index is -2.55. The zero-order chi connectivity index (χ0) is 31.8. The normalized spacial score (nSPS) is 15.5. The Balaban J connectivity index is 1.45. The summed E-state index contributed by atoms with van der Waals surface area (Å²) in [4.78, 5) is 39.5. The Labute approximate surface area is 259 Å². The fourth-order valence-corrected chi connectivity index (χ4v) is 5.09. The molecule has 0 bridgehead atoms. The Morgan fingerprint density at radius 3 is 2.57 bits per heavy atom. The average molecular weight is 643 g/mol. The molecule has 1 saturated heterocycles. The number of anilines is 2. The molecule has 9 nitrogen and oxygen atoms in total. The molecule has 1 fully saturated rings. The maximum Gasteiger partial charge on any atom is 0.347 e. The Morgan fingerprint density at radius 1 is 1.14 bits per heavy atom. The minimum Gasteiger partial charge on any atom is -0.383 e. The molecule has 44 heavy (non-hydrogen) atoms. The molecule has 2 atom stereocenters. The first-order valence-electron chi connectivity index (χ1n) is 13.3. The summed E-state index contributed by atoms with van der Waals surface area (Å²) in [5.41, 5.74) is 10.2. The quantitative estimate of drug-likeness (QED) is 0.146. The summed E-state index contributed by atoms with van der Waals surface area (Å²) in [6.07, 6.45) is -1.33. The summed E-state index contributed by atoms with van der Waals surface area (Å²) in [6.45, 7) is 3.61. The minimum absolute atomic E-state index is 0.0800. The van der Waals surface area contributed by atoms with Gasteiger partial charge in [0, 0.05) is 22.4 Å². The molecule has 230 valence electrons. The fourth-order valence-electron chi connectivity index (χ4n) is 4.10. The Morgan fingerprint density at radius 2 is 1.89 bits per heavy atom. The molecule has 3 N–H and O–H groups in total. The maximum atomic E-state index is 13.2. The summed E-state index contributed by atoms with van der Waals surface area (Å²) in [7, 11) is 2.02. The number of ether oxygens (including phenoxy) is 1. The van der Waals surface area contributed by atoms with E-state index in [1.165, 1.54) is 35.5 Å². The largest absolute Gasteiger partial charge is 0.383 e. The van der Waals surface area contributed by atoms with Crippen LogP contribution in [0, 0.1) is 13.8 Å². The van der Waals surface area contributed by atoms with Gasteiger partial charge in [0.15, 0.2) is 5.17 Å². The van der Waals surface area contributed by atoms with Gasteiger partial charge in [0.25, 0.3) is 6.43 Å². The zero-order valence-corrected chi connectivity index (χ0v) is 25.8. The third-order valence-electron chi connectivity index (χ3n) is 6.29. The summed E-state index contributed by atoms with van der Waals surface area (Å²) < 4.78 is 44.1. The van der Waals surface area contributed by atoms with Gasteiger partial charge in [0.1, 0.15) is 18.1 Å². The van der Waals surface area contributed by atoms with Crippen molar-refractivity contribution < 1.29 is 27.5 Å². The first-order chi connectivity index (χ1) is 21.0. The van der Waals surface area contributed by atoms with Crippen molar-refractivity contribution in [3.05, 3.63) is 88.5 Å². The molecule has 1 heterocycles. The number of carbonyl (C=O) groups is 2. The van der Waals surface area contributed by atoms with Crippen LogP contribution in [0.15, 0.2) is 75.6 Å². The van der Waals surface area contributed by atoms with E-state index < -0.39 is 18.4 Å². The second-order valence-corrected chi connectivity index (χ2v) is 11.4. The van der Waals surface area contributed by atoms with Crippen molar-refractivity contribution in [3.8, 4) is 0 Å². The predicted octanol–water partition coefficient (Wildman–Crippen LogP) is 6.66. The monoisotopic (exact) mass is 642 g/mol. The van der Waals surface area contributed by atoms with Crippen molar-refractivity contribution in [1.82, 2.24) is 0 Å². The molecular formula is C30H30F3N6O3PS. The molecule has 0 aromatic heterocycles. The molecule has 0 aliphatic carbocycles. The van der Waals surface area contributed by atoms with Crippen molar-refractivity contribution in [2.75, 3.05) is 22.6 Å². The number of alkyl halides is 3. The molecule has 3 amide bonds. The van der Waals surface area contributed by atoms with E-state index in [-0.39, 0.29) is 41.4 Å². The van der Waals surface area contributed by atoms with Crippen molar-refractivity contribution >= 4 is 67.3 Å². The number of nitrogens with zero attached hydrogens (tertiary/aromatic N) is 4. The van der Waals surface area contributed by atoms with Gasteiger partial charge in [-0.05, 0) is 61.4 Å². The number of aryl methyl sites for hydroxylation is 2. The van der Waals surface area contributed by atoms with E-state index in [1.807, 2.05) is 22.2 Å². The summed E-state index contributed by atoms with van der Waals surface area (Å²) in [5.74, 6) is -1.19. The number of aliphatic imine (C=N–C) groups is 3. The second kappa shape index (κ2) is 15.1. The van der Waals surface area contributed by atoms with Crippen LogP contribution in [0.1, 0.15) is 34.2 Å². The number of hydrogen-bond acceptors (Lipinski definition) is 5. The van der Waals surface area contributed by atoms with Crippen LogP contribution in [-0.4, -0.2) is 47.6 Å². The second-order valence-electron chi connectivity index (χ2n) is 9.69. The van der Waals surface area contributed by atoms with Crippen molar-refractivity contribution in [2.45, 2.75) is 32.8 Å². The number of hydrogen-bond donors (Lipinski definition) is 2. The van der Waals surface area contributed by atoms with E-state index in [0.29, 0.717) is 33.8 Å². The van der Waals surface area contributed by atoms with Crippen LogP contribution in [0.4, 0.5) is 35.0 Å². The number of rotatable bonds is 10. The van der Waals surface area contributed by atoms with Crippen LogP contribution in [0.5, 0.6) is 0 Å². The zero-order valence-electron chi connectivity index (χ0n) is 23.8. The van der Waals surface area contributed by atoms with E-state index in [4.69, 9.17) is 10.5 Å². The predicted molar refractivity (Wildman–Crippen MR) is 173 cm³/mol. The van der Waals surface area contributed by atoms with E-state index in [9.17, 15) is 22.8 Å². The SMILES string of the molecule is Cc1ccc(COCC(F)P)c(N2C(=O)CS/C2=N\C(=O)Nc2ccc(C(N)=NC=Nc3ccc(C(F)F)cc3)cc2C)c1. The molecule has 1 aliphatic rings. The van der Waals surface area contributed by atoms with Gasteiger partial charge in [-0.1, -0.05) is 45.3 Å². The lowest BCUT2D eigenvalue weighted by molar-refractivity contribution is -0.115. The topological polar surface area (TPSA) is 122 Å². The molecule has 0 radical (unpaired) electrons. The number of nitrogens with two attached hydrogens (primary N) is 1. The summed E-state index contributed by atoms with van der Waals surface area (Å²) >= 11 is 1.14. The van der Waals surface area contributed by atoms with Crippen LogP contribution in [0.25, 0.3) is 0 Å². The molecular weight excluding hydrogens is 612 g/mol. The molecule has 0 saturated carbocycles. The highest BCUT2D eigenvalue weighted by atomic mass is 32.2. The first kappa shape index (κ1) is 32.8. The van der Waals surface area contributed by atoms with Gasteiger partial charge in [-0.2, -0.15) is 4.99 Å². The lowest BCUT2D eigenvalue weighted by Crippen LogP contribution is -2.31. The van der Waals surface area contributed by atoms with Gasteiger partial charge in [0.05, 0.1) is 30.3 Å². The summed E-state index contributed by atoms with van der Waals surface area (Å²) in [6, 6.07) is 15.3. The number of amidine groups is 2. The number of carbonyl (C=O) groups excluding carboxylic acids is 2. The van der Waals surface area contributed by atoms with E-state index in [1.54, 1.807) is 37.3 Å². The van der Waals surface area contributed by atoms with E-state index >= 15 is 0 Å². The van der Waals surface area contributed by atoms with Gasteiger partial charge in [-0.3, -0.25) is 9.69 Å². The van der Waals surface area contributed by atoms with Gasteiger partial charge < -0.3 is 15.8 Å². The molecule has 1 aliphatic heterocycles. The molecule has 3 aromatic rings. The lowest BCUT2D eigenvalue weighted by Gasteiger charge is -2.20. The van der Waals surface area contributed by atoms with Crippen LogP contribution < -0.4 is 16.0 Å². The van der Waals surface area contributed by atoms with Crippen molar-refractivity contribution in [2.24, 2.45) is 20.7 Å². The third kappa shape index (κ3) is 8.75. The Kier molecular flexibility index (Phi) is 11.3. The van der Waals surface area contributed by atoms with Gasteiger partial charge in [0.2, 0.25) is 5.91 Å². The Bertz CT molecular complexity index is 1620. The lowest BCUT2D eigenvalue weighted by atomic mass is 10.1. The smallest absolute Gasteiger partial charge is 0.347 e. The van der Waals surface area contributed by atoms with Gasteiger partial charge in [-0.25, -0.2) is 28.0 Å². The highest BCUT2D eigenvalue weighted by molar-refractivity contribution is 8.15. The number of urea groups is 1. The standard InChI is InChI=1S/C30H30F3N6O3PS/c1-17-3-4-21(13-42-14-25(31)43)24(11-17)39-26(40)15-44-30(39)38-29(41)37-23-10-7-20(12-18(23)2)28(34)36-16-35-22-8-5-19(6-9-22)27(32)33/h3-12,16,25,27H,13-15,43H2,1-2H3,(H,37,41)(H2,34,35,36)/b38-30-. The molecule has 0 spiro atoms. The number of thioether (sulfide) groups is 1. The van der Waals surface area contributed by atoms with E-state index in [2.05, 4.69) is 20.3 Å².